The van der Waals surface area contributed by atoms with Gasteiger partial charge in [-0.05, 0) is 56.2 Å². The first-order chi connectivity index (χ1) is 13.6. The van der Waals surface area contributed by atoms with Crippen molar-refractivity contribution in [2.75, 3.05) is 5.43 Å². The Morgan fingerprint density at radius 2 is 2.07 bits per heavy atom. The lowest BCUT2D eigenvalue weighted by Crippen LogP contribution is -2.13. The molecule has 4 rings (SSSR count). The van der Waals surface area contributed by atoms with E-state index >= 15 is 0 Å². The van der Waals surface area contributed by atoms with Crippen LogP contribution in [0.15, 0.2) is 58.3 Å². The lowest BCUT2D eigenvalue weighted by atomic mass is 9.93. The number of aryl methyl sites for hydroxylation is 1. The fourth-order valence-electron chi connectivity index (χ4n) is 3.19. The van der Waals surface area contributed by atoms with Crippen LogP contribution in [0.3, 0.4) is 0 Å². The summed E-state index contributed by atoms with van der Waals surface area (Å²) < 4.78 is 24.2. The molecule has 0 unspecified atom stereocenters. The molecule has 1 aliphatic rings. The van der Waals surface area contributed by atoms with E-state index in [1.54, 1.807) is 30.5 Å². The van der Waals surface area contributed by atoms with Gasteiger partial charge in [0.25, 0.3) is 0 Å². The molecule has 28 heavy (non-hydrogen) atoms. The minimum Gasteiger partial charge on any atom is -0.453 e. The number of rotatable bonds is 4. The molecule has 142 valence electrons. The van der Waals surface area contributed by atoms with Crippen molar-refractivity contribution in [1.29, 1.82) is 0 Å². The summed E-state index contributed by atoms with van der Waals surface area (Å²) in [5, 5.41) is 4.46. The Hall–Kier alpha value is -3.48. The van der Waals surface area contributed by atoms with Gasteiger partial charge in [-0.3, -0.25) is 10.4 Å². The number of fused-ring (bicyclic) bond motifs is 1. The van der Waals surface area contributed by atoms with Crippen molar-refractivity contribution < 1.29 is 18.3 Å². The SMILES string of the molecule is Cc1c(C(=O)Oc2cccnc2)oc2c1/C(=N/Nc1ccc(F)cc1)CCC2. The van der Waals surface area contributed by atoms with E-state index in [-0.39, 0.29) is 11.6 Å². The van der Waals surface area contributed by atoms with Crippen LogP contribution in [0, 0.1) is 12.7 Å². The highest BCUT2D eigenvalue weighted by molar-refractivity contribution is 6.06. The van der Waals surface area contributed by atoms with Crippen LogP contribution < -0.4 is 10.2 Å². The van der Waals surface area contributed by atoms with Crippen LogP contribution in [-0.4, -0.2) is 16.7 Å². The van der Waals surface area contributed by atoms with E-state index in [1.165, 1.54) is 18.3 Å². The van der Waals surface area contributed by atoms with E-state index in [2.05, 4.69) is 15.5 Å². The number of benzene rings is 1. The van der Waals surface area contributed by atoms with Crippen LogP contribution in [0.5, 0.6) is 5.75 Å². The number of carbonyl (C=O) groups is 1. The van der Waals surface area contributed by atoms with Crippen LogP contribution in [0.4, 0.5) is 10.1 Å². The number of halogens is 1. The monoisotopic (exact) mass is 379 g/mol. The summed E-state index contributed by atoms with van der Waals surface area (Å²) in [5.74, 6) is 0.381. The van der Waals surface area contributed by atoms with Gasteiger partial charge >= 0.3 is 5.97 Å². The van der Waals surface area contributed by atoms with Crippen LogP contribution in [0.25, 0.3) is 0 Å². The highest BCUT2D eigenvalue weighted by atomic mass is 19.1. The first kappa shape index (κ1) is 17.9. The number of hydrazone groups is 1. The molecule has 0 saturated carbocycles. The summed E-state index contributed by atoms with van der Waals surface area (Å²) in [4.78, 5) is 16.5. The Labute approximate surface area is 161 Å². The highest BCUT2D eigenvalue weighted by Crippen LogP contribution is 2.30. The summed E-state index contributed by atoms with van der Waals surface area (Å²) >= 11 is 0. The van der Waals surface area contributed by atoms with Crippen molar-refractivity contribution in [3.05, 3.63) is 77.3 Å². The normalized spacial score (nSPS) is 14.6. The van der Waals surface area contributed by atoms with Crippen molar-refractivity contribution >= 4 is 17.4 Å². The first-order valence-corrected chi connectivity index (χ1v) is 8.95. The predicted molar refractivity (Wildman–Crippen MR) is 102 cm³/mol. The Morgan fingerprint density at radius 3 is 2.82 bits per heavy atom. The smallest absolute Gasteiger partial charge is 0.379 e. The van der Waals surface area contributed by atoms with Gasteiger partial charge in [0.2, 0.25) is 5.76 Å². The molecule has 1 N–H and O–H groups in total. The number of aromatic nitrogens is 1. The summed E-state index contributed by atoms with van der Waals surface area (Å²) in [6.07, 6.45) is 5.41. The van der Waals surface area contributed by atoms with Crippen molar-refractivity contribution in [3.8, 4) is 5.75 Å². The van der Waals surface area contributed by atoms with Crippen LogP contribution >= 0.6 is 0 Å². The number of pyridine rings is 1. The standard InChI is InChI=1S/C21H18FN3O3/c1-13-19-17(25-24-15-9-7-14(22)8-10-15)5-2-6-18(19)28-20(13)21(26)27-16-4-3-11-23-12-16/h3-4,7-12,24H,2,5-6H2,1H3/b25-17+. The summed E-state index contributed by atoms with van der Waals surface area (Å²) in [6.45, 7) is 1.82. The largest absolute Gasteiger partial charge is 0.453 e. The van der Waals surface area contributed by atoms with Gasteiger partial charge in [-0.15, -0.1) is 0 Å². The van der Waals surface area contributed by atoms with Gasteiger partial charge < -0.3 is 9.15 Å². The molecular weight excluding hydrogens is 361 g/mol. The summed E-state index contributed by atoms with van der Waals surface area (Å²) in [7, 11) is 0. The van der Waals surface area contributed by atoms with Crippen LogP contribution in [0.1, 0.15) is 40.3 Å². The molecule has 1 aliphatic carbocycles. The van der Waals surface area contributed by atoms with Crippen LogP contribution in [0.2, 0.25) is 0 Å². The number of nitrogens with one attached hydrogen (secondary N) is 1. The second-order valence-corrected chi connectivity index (χ2v) is 6.46. The molecule has 0 spiro atoms. The molecule has 6 nitrogen and oxygen atoms in total. The number of anilines is 1. The highest BCUT2D eigenvalue weighted by Gasteiger charge is 2.29. The maximum atomic E-state index is 13.0. The molecule has 0 aliphatic heterocycles. The van der Waals surface area contributed by atoms with E-state index in [4.69, 9.17) is 9.15 Å². The number of ether oxygens (including phenoxy) is 1. The number of hydrogen-bond acceptors (Lipinski definition) is 6. The molecule has 0 bridgehead atoms. The first-order valence-electron chi connectivity index (χ1n) is 8.95. The topological polar surface area (TPSA) is 76.7 Å². The zero-order valence-corrected chi connectivity index (χ0v) is 15.2. The Balaban J connectivity index is 1.59. The Morgan fingerprint density at radius 1 is 1.25 bits per heavy atom. The van der Waals surface area contributed by atoms with Gasteiger partial charge in [-0.1, -0.05) is 0 Å². The lowest BCUT2D eigenvalue weighted by molar-refractivity contribution is 0.0697. The van der Waals surface area contributed by atoms with Gasteiger partial charge in [0.1, 0.15) is 17.3 Å². The van der Waals surface area contributed by atoms with E-state index in [0.29, 0.717) is 17.0 Å². The third-order valence-corrected chi connectivity index (χ3v) is 4.52. The van der Waals surface area contributed by atoms with E-state index < -0.39 is 5.97 Å². The lowest BCUT2D eigenvalue weighted by Gasteiger charge is -2.13. The van der Waals surface area contributed by atoms with E-state index in [9.17, 15) is 9.18 Å². The zero-order valence-electron chi connectivity index (χ0n) is 15.2. The minimum atomic E-state index is -0.564. The van der Waals surface area contributed by atoms with Crippen molar-refractivity contribution in [1.82, 2.24) is 4.98 Å². The number of carbonyl (C=O) groups excluding carboxylic acids is 1. The van der Waals surface area contributed by atoms with Crippen molar-refractivity contribution in [2.24, 2.45) is 5.10 Å². The average Bonchev–Trinajstić information content (AvgIpc) is 3.06. The molecule has 2 heterocycles. The van der Waals surface area contributed by atoms with Gasteiger partial charge in [0.15, 0.2) is 0 Å². The molecule has 1 aromatic carbocycles. The molecule has 0 radical (unpaired) electrons. The second-order valence-electron chi connectivity index (χ2n) is 6.46. The zero-order chi connectivity index (χ0) is 19.5. The molecular formula is C21H18FN3O3. The van der Waals surface area contributed by atoms with Crippen molar-refractivity contribution in [2.45, 2.75) is 26.2 Å². The Kier molecular flexibility index (Phi) is 4.89. The average molecular weight is 379 g/mol. The van der Waals surface area contributed by atoms with Gasteiger partial charge in [0, 0.05) is 23.7 Å². The van der Waals surface area contributed by atoms with E-state index in [0.717, 1.165) is 36.3 Å². The third kappa shape index (κ3) is 3.64. The minimum absolute atomic E-state index is 0.172. The fraction of sp³-hybridized carbons (Fsp3) is 0.190. The maximum absolute atomic E-state index is 13.0. The number of esters is 1. The Bertz CT molecular complexity index is 1030. The fourth-order valence-corrected chi connectivity index (χ4v) is 3.19. The van der Waals surface area contributed by atoms with Gasteiger partial charge in [0.05, 0.1) is 17.6 Å². The van der Waals surface area contributed by atoms with Gasteiger partial charge in [-0.2, -0.15) is 5.10 Å². The number of furan rings is 1. The second kappa shape index (κ2) is 7.64. The predicted octanol–water partition coefficient (Wildman–Crippen LogP) is 4.49. The molecule has 2 aromatic heterocycles. The summed E-state index contributed by atoms with van der Waals surface area (Å²) in [6, 6.07) is 9.30. The molecule has 0 saturated heterocycles. The number of nitrogens with zero attached hydrogens (tertiary/aromatic N) is 2. The van der Waals surface area contributed by atoms with Gasteiger partial charge in [-0.25, -0.2) is 9.18 Å². The molecule has 7 heteroatoms. The molecule has 0 atom stereocenters. The molecule has 3 aromatic rings. The quantitative estimate of drug-likeness (QED) is 0.534. The van der Waals surface area contributed by atoms with Crippen molar-refractivity contribution in [3.63, 3.8) is 0 Å². The molecule has 0 amide bonds. The summed E-state index contributed by atoms with van der Waals surface area (Å²) in [5.41, 5.74) is 5.95. The van der Waals surface area contributed by atoms with Crippen LogP contribution in [-0.2, 0) is 6.42 Å². The molecule has 0 fully saturated rings. The third-order valence-electron chi connectivity index (χ3n) is 4.52. The maximum Gasteiger partial charge on any atom is 0.379 e. The number of hydrogen-bond donors (Lipinski definition) is 1. The van der Waals surface area contributed by atoms with E-state index in [1.807, 2.05) is 6.92 Å².